The number of fused-ring (bicyclic) bond motifs is 1. The number of hydrogen-bond donors (Lipinski definition) is 0. The lowest BCUT2D eigenvalue weighted by atomic mass is 9.89. The van der Waals surface area contributed by atoms with E-state index in [2.05, 4.69) is 18.7 Å². The third kappa shape index (κ3) is 1.26. The molecule has 2 rings (SSSR count). The van der Waals surface area contributed by atoms with Crippen LogP contribution in [0.2, 0.25) is 0 Å². The van der Waals surface area contributed by atoms with Crippen molar-refractivity contribution in [3.63, 3.8) is 0 Å². The maximum Gasteiger partial charge on any atom is -0.0143 e. The molecule has 0 heterocycles. The molecule has 0 spiro atoms. The average molecular weight is 148 g/mol. The summed E-state index contributed by atoms with van der Waals surface area (Å²) in [5.74, 6) is 1.69. The third-order valence-corrected chi connectivity index (χ3v) is 3.11. The van der Waals surface area contributed by atoms with Crippen molar-refractivity contribution in [2.75, 3.05) is 0 Å². The first-order valence-electron chi connectivity index (χ1n) is 4.72. The van der Waals surface area contributed by atoms with E-state index in [4.69, 9.17) is 0 Å². The quantitative estimate of drug-likeness (QED) is 0.462. The summed E-state index contributed by atoms with van der Waals surface area (Å²) in [5, 5.41) is 0. The highest BCUT2D eigenvalue weighted by atomic mass is 14.3. The van der Waals surface area contributed by atoms with Gasteiger partial charge in [0.1, 0.15) is 0 Å². The van der Waals surface area contributed by atoms with Crippen LogP contribution < -0.4 is 0 Å². The summed E-state index contributed by atoms with van der Waals surface area (Å²) in [4.78, 5) is 0. The van der Waals surface area contributed by atoms with E-state index in [1.54, 1.807) is 0 Å². The van der Waals surface area contributed by atoms with Crippen LogP contribution in [0.1, 0.15) is 32.1 Å². The molecule has 0 heteroatoms. The van der Waals surface area contributed by atoms with Gasteiger partial charge in [-0.3, -0.25) is 0 Å². The highest BCUT2D eigenvalue weighted by Gasteiger charge is 2.27. The van der Waals surface area contributed by atoms with Crippen molar-refractivity contribution in [3.05, 3.63) is 24.3 Å². The van der Waals surface area contributed by atoms with E-state index in [0.717, 1.165) is 11.8 Å². The third-order valence-electron chi connectivity index (χ3n) is 3.11. The largest absolute Gasteiger partial charge is 0.0995 e. The molecule has 0 aromatic carbocycles. The van der Waals surface area contributed by atoms with Gasteiger partial charge < -0.3 is 0 Å². The Kier molecular flexibility index (Phi) is 1.85. The van der Waals surface area contributed by atoms with Gasteiger partial charge in [-0.15, -0.1) is 0 Å². The number of allylic oxidation sites excluding steroid dienone is 3. The lowest BCUT2D eigenvalue weighted by Crippen LogP contribution is -2.05. The molecule has 2 aliphatic rings. The minimum Gasteiger partial charge on any atom is -0.0995 e. The van der Waals surface area contributed by atoms with E-state index in [1.807, 2.05) is 0 Å². The zero-order valence-electron chi connectivity index (χ0n) is 7.05. The monoisotopic (exact) mass is 148 g/mol. The zero-order chi connectivity index (χ0) is 7.68. The Bertz CT molecular complexity index is 188. The molecule has 0 unspecified atom stereocenters. The molecule has 0 N–H and O–H groups in total. The maximum absolute atomic E-state index is 4.18. The lowest BCUT2D eigenvalue weighted by Gasteiger charge is -2.15. The van der Waals surface area contributed by atoms with Gasteiger partial charge in [-0.05, 0) is 37.5 Å². The molecule has 0 aromatic heterocycles. The average Bonchev–Trinajstić information content (AvgIpc) is 2.40. The van der Waals surface area contributed by atoms with Crippen molar-refractivity contribution >= 4 is 0 Å². The summed E-state index contributed by atoms with van der Waals surface area (Å²) in [6, 6.07) is 0. The van der Waals surface area contributed by atoms with Crippen LogP contribution in [0.3, 0.4) is 0 Å². The van der Waals surface area contributed by atoms with Gasteiger partial charge in [0.25, 0.3) is 0 Å². The molecule has 1 saturated carbocycles. The summed E-state index contributed by atoms with van der Waals surface area (Å²) in [6.07, 6.45) is 11.5. The molecule has 0 saturated heterocycles. The smallest absolute Gasteiger partial charge is 0.0143 e. The summed E-state index contributed by atoms with van der Waals surface area (Å²) in [7, 11) is 0. The van der Waals surface area contributed by atoms with Crippen molar-refractivity contribution < 1.29 is 0 Å². The van der Waals surface area contributed by atoms with E-state index >= 15 is 0 Å². The molecule has 0 radical (unpaired) electrons. The Hall–Kier alpha value is -0.520. The summed E-state index contributed by atoms with van der Waals surface area (Å²) < 4.78 is 0. The van der Waals surface area contributed by atoms with Crippen molar-refractivity contribution in [1.29, 1.82) is 0 Å². The van der Waals surface area contributed by atoms with Gasteiger partial charge in [0.2, 0.25) is 0 Å². The number of hydrogen-bond acceptors (Lipinski definition) is 0. The fraction of sp³-hybridized carbons (Fsp3) is 0.636. The fourth-order valence-electron chi connectivity index (χ4n) is 2.45. The Morgan fingerprint density at radius 3 is 3.18 bits per heavy atom. The van der Waals surface area contributed by atoms with Gasteiger partial charge in [0.05, 0.1) is 0 Å². The Balaban J connectivity index is 2.17. The fourth-order valence-corrected chi connectivity index (χ4v) is 2.45. The van der Waals surface area contributed by atoms with Crippen LogP contribution >= 0.6 is 0 Å². The second-order valence-corrected chi connectivity index (χ2v) is 3.83. The second kappa shape index (κ2) is 2.84. The molecular formula is C11H16. The highest BCUT2D eigenvalue weighted by molar-refractivity contribution is 5.13. The zero-order valence-corrected chi connectivity index (χ0v) is 7.05. The van der Waals surface area contributed by atoms with Crippen LogP contribution in [0.25, 0.3) is 0 Å². The molecule has 2 aliphatic carbocycles. The van der Waals surface area contributed by atoms with Gasteiger partial charge in [-0.25, -0.2) is 0 Å². The Morgan fingerprint density at radius 1 is 1.36 bits per heavy atom. The SMILES string of the molecule is C=C1CCC=C[C@H]2CCC[C@@H]12. The van der Waals surface area contributed by atoms with Gasteiger partial charge in [0, 0.05) is 0 Å². The molecule has 0 aromatic rings. The molecule has 60 valence electrons. The predicted octanol–water partition coefficient (Wildman–Crippen LogP) is 3.31. The van der Waals surface area contributed by atoms with Gasteiger partial charge in [-0.2, -0.15) is 0 Å². The van der Waals surface area contributed by atoms with Crippen LogP contribution in [-0.2, 0) is 0 Å². The van der Waals surface area contributed by atoms with Gasteiger partial charge >= 0.3 is 0 Å². The minimum atomic E-state index is 0.841. The van der Waals surface area contributed by atoms with E-state index in [1.165, 1.54) is 37.7 Å². The lowest BCUT2D eigenvalue weighted by molar-refractivity contribution is 0.525. The predicted molar refractivity (Wildman–Crippen MR) is 48.3 cm³/mol. The summed E-state index contributed by atoms with van der Waals surface area (Å²) >= 11 is 0. The first-order valence-corrected chi connectivity index (χ1v) is 4.72. The molecule has 1 fully saturated rings. The van der Waals surface area contributed by atoms with Crippen LogP contribution in [0.15, 0.2) is 24.3 Å². The molecule has 0 aliphatic heterocycles. The Labute approximate surface area is 69.0 Å². The second-order valence-electron chi connectivity index (χ2n) is 3.83. The van der Waals surface area contributed by atoms with Crippen LogP contribution in [0, 0.1) is 11.8 Å². The first kappa shape index (κ1) is 7.15. The highest BCUT2D eigenvalue weighted by Crippen LogP contribution is 2.40. The van der Waals surface area contributed by atoms with Crippen molar-refractivity contribution in [2.45, 2.75) is 32.1 Å². The van der Waals surface area contributed by atoms with Crippen LogP contribution in [0.5, 0.6) is 0 Å². The summed E-state index contributed by atoms with van der Waals surface area (Å²) in [6.45, 7) is 4.18. The molecular weight excluding hydrogens is 132 g/mol. The standard InChI is InChI=1S/C11H16/c1-9-5-2-3-6-10-7-4-8-11(9)10/h3,6,10-11H,1-2,4-5,7-8H2/t10-,11-/m0/s1. The topological polar surface area (TPSA) is 0 Å². The van der Waals surface area contributed by atoms with E-state index in [0.29, 0.717) is 0 Å². The van der Waals surface area contributed by atoms with Crippen LogP contribution in [-0.4, -0.2) is 0 Å². The maximum atomic E-state index is 4.18. The van der Waals surface area contributed by atoms with E-state index < -0.39 is 0 Å². The normalized spacial score (nSPS) is 36.9. The molecule has 0 amide bonds. The summed E-state index contributed by atoms with van der Waals surface area (Å²) in [5.41, 5.74) is 1.51. The first-order chi connectivity index (χ1) is 5.38. The van der Waals surface area contributed by atoms with Crippen molar-refractivity contribution in [1.82, 2.24) is 0 Å². The van der Waals surface area contributed by atoms with E-state index in [-0.39, 0.29) is 0 Å². The van der Waals surface area contributed by atoms with Gasteiger partial charge in [-0.1, -0.05) is 30.7 Å². The Morgan fingerprint density at radius 2 is 2.27 bits per heavy atom. The van der Waals surface area contributed by atoms with E-state index in [9.17, 15) is 0 Å². The van der Waals surface area contributed by atoms with Crippen molar-refractivity contribution in [3.8, 4) is 0 Å². The minimum absolute atomic E-state index is 0.841. The van der Waals surface area contributed by atoms with Gasteiger partial charge in [0.15, 0.2) is 0 Å². The van der Waals surface area contributed by atoms with Crippen molar-refractivity contribution in [2.24, 2.45) is 11.8 Å². The molecule has 2 atom stereocenters. The van der Waals surface area contributed by atoms with Crippen LogP contribution in [0.4, 0.5) is 0 Å². The molecule has 0 bridgehead atoms. The molecule has 11 heavy (non-hydrogen) atoms. The number of rotatable bonds is 0. The molecule has 0 nitrogen and oxygen atoms in total.